The second-order valence-corrected chi connectivity index (χ2v) is 5.86. The van der Waals surface area contributed by atoms with E-state index in [0.717, 1.165) is 12.0 Å². The molecule has 0 amide bonds. The van der Waals surface area contributed by atoms with E-state index in [9.17, 15) is 0 Å². The van der Waals surface area contributed by atoms with Crippen molar-refractivity contribution in [3.63, 3.8) is 0 Å². The van der Waals surface area contributed by atoms with Crippen molar-refractivity contribution in [3.8, 4) is 0 Å². The molecule has 1 heterocycles. The van der Waals surface area contributed by atoms with Gasteiger partial charge in [-0.15, -0.1) is 0 Å². The largest absolute Gasteiger partial charge is 0.314 e. The highest BCUT2D eigenvalue weighted by Gasteiger charge is 2.17. The van der Waals surface area contributed by atoms with E-state index in [1.807, 2.05) is 0 Å². The molecule has 1 aliphatic rings. The Bertz CT molecular complexity index is 320. The monoisotopic (exact) mass is 281 g/mol. The number of rotatable bonds is 3. The molecule has 1 aromatic carbocycles. The number of benzene rings is 1. The second-order valence-electron chi connectivity index (χ2n) is 4.95. The number of piperidine rings is 1. The van der Waals surface area contributed by atoms with Crippen LogP contribution < -0.4 is 5.32 Å². The minimum absolute atomic E-state index is 0.729. The summed E-state index contributed by atoms with van der Waals surface area (Å²) in [6.07, 6.45) is 5.15. The van der Waals surface area contributed by atoms with E-state index in [4.69, 9.17) is 0 Å². The van der Waals surface area contributed by atoms with Gasteiger partial charge in [0.2, 0.25) is 0 Å². The predicted octanol–water partition coefficient (Wildman–Crippen LogP) is 3.77. The maximum atomic E-state index is 3.62. The van der Waals surface area contributed by atoms with Gasteiger partial charge in [0, 0.05) is 10.5 Å². The molecule has 88 valence electrons. The SMILES string of the molecule is CC1CCNC(CCc2ccc(Br)cc2)C1. The van der Waals surface area contributed by atoms with Gasteiger partial charge in [-0.25, -0.2) is 0 Å². The highest BCUT2D eigenvalue weighted by atomic mass is 79.9. The number of hydrogen-bond acceptors (Lipinski definition) is 1. The van der Waals surface area contributed by atoms with Crippen LogP contribution in [-0.4, -0.2) is 12.6 Å². The minimum Gasteiger partial charge on any atom is -0.314 e. The van der Waals surface area contributed by atoms with E-state index < -0.39 is 0 Å². The lowest BCUT2D eigenvalue weighted by Crippen LogP contribution is -2.37. The molecule has 1 fully saturated rings. The predicted molar refractivity (Wildman–Crippen MR) is 72.7 cm³/mol. The van der Waals surface area contributed by atoms with Crippen LogP contribution in [0.15, 0.2) is 28.7 Å². The van der Waals surface area contributed by atoms with Gasteiger partial charge < -0.3 is 5.32 Å². The molecule has 2 heteroatoms. The second kappa shape index (κ2) is 5.83. The molecular weight excluding hydrogens is 262 g/mol. The summed E-state index contributed by atoms with van der Waals surface area (Å²) >= 11 is 3.47. The summed E-state index contributed by atoms with van der Waals surface area (Å²) in [5.41, 5.74) is 1.45. The lowest BCUT2D eigenvalue weighted by atomic mass is 9.91. The van der Waals surface area contributed by atoms with Crippen molar-refractivity contribution in [3.05, 3.63) is 34.3 Å². The number of aryl methyl sites for hydroxylation is 1. The molecule has 16 heavy (non-hydrogen) atoms. The van der Waals surface area contributed by atoms with Crippen LogP contribution in [0.1, 0.15) is 31.7 Å². The Morgan fingerprint density at radius 2 is 2.06 bits per heavy atom. The Morgan fingerprint density at radius 1 is 1.31 bits per heavy atom. The van der Waals surface area contributed by atoms with Gasteiger partial charge in [0.05, 0.1) is 0 Å². The van der Waals surface area contributed by atoms with Crippen LogP contribution >= 0.6 is 15.9 Å². The fourth-order valence-corrected chi connectivity index (χ4v) is 2.70. The molecule has 0 aromatic heterocycles. The molecule has 2 rings (SSSR count). The van der Waals surface area contributed by atoms with Gasteiger partial charge in [-0.1, -0.05) is 35.0 Å². The zero-order chi connectivity index (χ0) is 11.4. The van der Waals surface area contributed by atoms with Gasteiger partial charge in [-0.05, 0) is 55.8 Å². The average Bonchev–Trinajstić information content (AvgIpc) is 2.28. The fourth-order valence-electron chi connectivity index (χ4n) is 2.43. The summed E-state index contributed by atoms with van der Waals surface area (Å²) in [5.74, 6) is 0.899. The standard InChI is InChI=1S/C14H20BrN/c1-11-8-9-16-14(10-11)7-4-12-2-5-13(15)6-3-12/h2-3,5-6,11,14,16H,4,7-10H2,1H3. The van der Waals surface area contributed by atoms with Crippen LogP contribution in [0.4, 0.5) is 0 Å². The quantitative estimate of drug-likeness (QED) is 0.890. The van der Waals surface area contributed by atoms with Crippen molar-refractivity contribution >= 4 is 15.9 Å². The molecule has 0 spiro atoms. The number of nitrogens with one attached hydrogen (secondary N) is 1. The molecule has 1 N–H and O–H groups in total. The van der Waals surface area contributed by atoms with Crippen molar-refractivity contribution in [2.24, 2.45) is 5.92 Å². The third kappa shape index (κ3) is 3.60. The normalized spacial score (nSPS) is 25.6. The Labute approximate surface area is 107 Å². The summed E-state index contributed by atoms with van der Waals surface area (Å²) in [6.45, 7) is 3.57. The highest BCUT2D eigenvalue weighted by Crippen LogP contribution is 2.19. The molecule has 0 saturated carbocycles. The van der Waals surface area contributed by atoms with Crippen molar-refractivity contribution in [1.29, 1.82) is 0 Å². The van der Waals surface area contributed by atoms with E-state index in [1.54, 1.807) is 0 Å². The Kier molecular flexibility index (Phi) is 4.42. The Hall–Kier alpha value is -0.340. The molecule has 1 aliphatic heterocycles. The third-order valence-corrected chi connectivity index (χ3v) is 3.98. The van der Waals surface area contributed by atoms with Crippen molar-refractivity contribution in [2.75, 3.05) is 6.54 Å². The molecule has 0 radical (unpaired) electrons. The van der Waals surface area contributed by atoms with E-state index >= 15 is 0 Å². The number of hydrogen-bond donors (Lipinski definition) is 1. The highest BCUT2D eigenvalue weighted by molar-refractivity contribution is 9.10. The molecule has 0 aliphatic carbocycles. The summed E-state index contributed by atoms with van der Waals surface area (Å²) in [6, 6.07) is 9.43. The van der Waals surface area contributed by atoms with E-state index in [2.05, 4.69) is 52.4 Å². The van der Waals surface area contributed by atoms with Crippen LogP contribution in [0.2, 0.25) is 0 Å². The van der Waals surface area contributed by atoms with Crippen molar-refractivity contribution < 1.29 is 0 Å². The lowest BCUT2D eigenvalue weighted by Gasteiger charge is -2.28. The van der Waals surface area contributed by atoms with Gasteiger partial charge in [0.1, 0.15) is 0 Å². The molecular formula is C14H20BrN. The minimum atomic E-state index is 0.729. The summed E-state index contributed by atoms with van der Waals surface area (Å²) in [4.78, 5) is 0. The average molecular weight is 282 g/mol. The Morgan fingerprint density at radius 3 is 2.75 bits per heavy atom. The zero-order valence-electron chi connectivity index (χ0n) is 9.88. The van der Waals surface area contributed by atoms with E-state index in [1.165, 1.54) is 42.3 Å². The van der Waals surface area contributed by atoms with Crippen LogP contribution in [0.3, 0.4) is 0 Å². The van der Waals surface area contributed by atoms with Gasteiger partial charge >= 0.3 is 0 Å². The first-order chi connectivity index (χ1) is 7.74. The number of halogens is 1. The molecule has 2 unspecified atom stereocenters. The fraction of sp³-hybridized carbons (Fsp3) is 0.571. The smallest absolute Gasteiger partial charge is 0.0175 e. The third-order valence-electron chi connectivity index (χ3n) is 3.45. The molecule has 1 aromatic rings. The summed E-state index contributed by atoms with van der Waals surface area (Å²) in [7, 11) is 0. The maximum absolute atomic E-state index is 3.62. The molecule has 2 atom stereocenters. The van der Waals surface area contributed by atoms with Crippen LogP contribution in [-0.2, 0) is 6.42 Å². The topological polar surface area (TPSA) is 12.0 Å². The van der Waals surface area contributed by atoms with Gasteiger partial charge in [0.15, 0.2) is 0 Å². The van der Waals surface area contributed by atoms with Crippen molar-refractivity contribution in [1.82, 2.24) is 5.32 Å². The Balaban J connectivity index is 1.80. The molecule has 1 saturated heterocycles. The molecule has 0 bridgehead atoms. The van der Waals surface area contributed by atoms with E-state index in [0.29, 0.717) is 0 Å². The first kappa shape index (κ1) is 12.1. The van der Waals surface area contributed by atoms with Gasteiger partial charge in [-0.2, -0.15) is 0 Å². The van der Waals surface area contributed by atoms with Crippen molar-refractivity contribution in [2.45, 2.75) is 38.6 Å². The van der Waals surface area contributed by atoms with Gasteiger partial charge in [-0.3, -0.25) is 0 Å². The maximum Gasteiger partial charge on any atom is 0.0175 e. The summed E-state index contributed by atoms with van der Waals surface area (Å²) in [5, 5.41) is 3.62. The lowest BCUT2D eigenvalue weighted by molar-refractivity contribution is 0.308. The van der Waals surface area contributed by atoms with Crippen LogP contribution in [0, 0.1) is 5.92 Å². The summed E-state index contributed by atoms with van der Waals surface area (Å²) < 4.78 is 1.17. The van der Waals surface area contributed by atoms with Crippen LogP contribution in [0.25, 0.3) is 0 Å². The first-order valence-electron chi connectivity index (χ1n) is 6.22. The van der Waals surface area contributed by atoms with Crippen LogP contribution in [0.5, 0.6) is 0 Å². The first-order valence-corrected chi connectivity index (χ1v) is 7.01. The zero-order valence-corrected chi connectivity index (χ0v) is 11.5. The van der Waals surface area contributed by atoms with Gasteiger partial charge in [0.25, 0.3) is 0 Å². The molecule has 1 nitrogen and oxygen atoms in total. The van der Waals surface area contributed by atoms with E-state index in [-0.39, 0.29) is 0 Å².